The molecule has 11 nitrogen and oxygen atoms in total. The van der Waals surface area contributed by atoms with Crippen LogP contribution in [-0.4, -0.2) is 55.3 Å². The third-order valence-corrected chi connectivity index (χ3v) is 15.4. The minimum absolute atomic E-state index is 0.0205. The zero-order valence-corrected chi connectivity index (χ0v) is 32.6. The lowest BCUT2D eigenvalue weighted by Crippen LogP contribution is -2.67. The van der Waals surface area contributed by atoms with E-state index < -0.39 is 22.9 Å². The van der Waals surface area contributed by atoms with Gasteiger partial charge in [0.1, 0.15) is 12.4 Å². The Morgan fingerprint density at radius 3 is 2.33 bits per heavy atom. The van der Waals surface area contributed by atoms with E-state index in [9.17, 15) is 24.3 Å². The Morgan fingerprint density at radius 2 is 1.71 bits per heavy atom. The van der Waals surface area contributed by atoms with E-state index in [1.54, 1.807) is 24.7 Å². The summed E-state index contributed by atoms with van der Waals surface area (Å²) in [5, 5.41) is 24.0. The van der Waals surface area contributed by atoms with Crippen molar-refractivity contribution >= 4 is 23.8 Å². The molecule has 0 aromatic carbocycles. The average molecular weight is 708 g/mol. The maximum Gasteiger partial charge on any atom is 0.315 e. The highest BCUT2D eigenvalue weighted by Crippen LogP contribution is 2.76. The second kappa shape index (κ2) is 12.4. The Bertz CT molecular complexity index is 1640. The molecule has 5 aliphatic rings. The summed E-state index contributed by atoms with van der Waals surface area (Å²) in [6.07, 6.45) is 9.01. The first-order valence-electron chi connectivity index (χ1n) is 19.2. The average Bonchev–Trinajstić information content (AvgIpc) is 3.56. The number of carboxylic acids is 1. The van der Waals surface area contributed by atoms with Gasteiger partial charge in [0.15, 0.2) is 11.6 Å². The van der Waals surface area contributed by atoms with Crippen LogP contribution in [0.2, 0.25) is 0 Å². The molecule has 282 valence electrons. The van der Waals surface area contributed by atoms with Crippen molar-refractivity contribution in [1.82, 2.24) is 25.4 Å². The molecule has 4 fully saturated rings. The molecule has 1 aromatic rings. The number of aryl methyl sites for hydroxylation is 1. The minimum atomic E-state index is -1.17. The summed E-state index contributed by atoms with van der Waals surface area (Å²) in [5.41, 5.74) is 0.00803. The van der Waals surface area contributed by atoms with Crippen molar-refractivity contribution in [1.29, 1.82) is 0 Å². The number of nitrogens with one attached hydrogen (secondary N) is 2. The van der Waals surface area contributed by atoms with Crippen LogP contribution in [0.1, 0.15) is 132 Å². The SMILES string of the molecule is CC(C)C1=C2[C@H]3CCC4[C@@]5(C)CC[C@H](OC(=O)CC(C)(C)C(=O)O)C(C)(C)C5CC[C@@]4(C)[C@]3(C)CC[C@@]2(NC(=O)NCc2nncn2C)CC1=O. The van der Waals surface area contributed by atoms with Crippen molar-refractivity contribution in [2.24, 2.45) is 57.8 Å². The first kappa shape index (κ1) is 37.5. The van der Waals surface area contributed by atoms with Gasteiger partial charge >= 0.3 is 18.0 Å². The zero-order valence-electron chi connectivity index (χ0n) is 32.6. The Morgan fingerprint density at radius 1 is 1.00 bits per heavy atom. The molecule has 8 atom stereocenters. The molecule has 1 aromatic heterocycles. The fraction of sp³-hybridized carbons (Fsp3) is 0.800. The van der Waals surface area contributed by atoms with Crippen LogP contribution < -0.4 is 10.6 Å². The number of aliphatic carboxylic acids is 1. The number of ether oxygens (including phenoxy) is 1. The number of esters is 1. The third kappa shape index (κ3) is 5.74. The summed E-state index contributed by atoms with van der Waals surface area (Å²) in [5.74, 6) is 0.470. The summed E-state index contributed by atoms with van der Waals surface area (Å²) in [6.45, 7) is 19.6. The molecule has 51 heavy (non-hydrogen) atoms. The quantitative estimate of drug-likeness (QED) is 0.251. The van der Waals surface area contributed by atoms with E-state index in [4.69, 9.17) is 4.74 Å². The molecule has 0 radical (unpaired) electrons. The van der Waals surface area contributed by atoms with E-state index in [0.29, 0.717) is 24.1 Å². The van der Waals surface area contributed by atoms with Crippen molar-refractivity contribution in [2.45, 2.75) is 145 Å². The van der Waals surface area contributed by atoms with E-state index >= 15 is 0 Å². The molecule has 11 heteroatoms. The normalized spacial score (nSPS) is 37.2. The van der Waals surface area contributed by atoms with Gasteiger partial charge in [0, 0.05) is 18.9 Å². The maximum atomic E-state index is 13.9. The number of hydrogen-bond acceptors (Lipinski definition) is 7. The lowest BCUT2D eigenvalue weighted by Gasteiger charge is -2.72. The fourth-order valence-electron chi connectivity index (χ4n) is 12.5. The highest BCUT2D eigenvalue weighted by molar-refractivity contribution is 6.02. The lowest BCUT2D eigenvalue weighted by atomic mass is 9.33. The van der Waals surface area contributed by atoms with Gasteiger partial charge < -0.3 is 25.0 Å². The zero-order chi connectivity index (χ0) is 37.5. The predicted octanol–water partition coefficient (Wildman–Crippen LogP) is 6.76. The van der Waals surface area contributed by atoms with Crippen LogP contribution >= 0.6 is 0 Å². The first-order chi connectivity index (χ1) is 23.6. The van der Waals surface area contributed by atoms with Gasteiger partial charge in [-0.1, -0.05) is 48.5 Å². The molecule has 2 unspecified atom stereocenters. The minimum Gasteiger partial charge on any atom is -0.481 e. The summed E-state index contributed by atoms with van der Waals surface area (Å²) in [4.78, 5) is 52.2. The predicted molar refractivity (Wildman–Crippen MR) is 192 cm³/mol. The van der Waals surface area contributed by atoms with Crippen LogP contribution in [0.4, 0.5) is 4.79 Å². The largest absolute Gasteiger partial charge is 0.481 e. The highest BCUT2D eigenvalue weighted by atomic mass is 16.5. The van der Waals surface area contributed by atoms with Gasteiger partial charge in [0.25, 0.3) is 0 Å². The van der Waals surface area contributed by atoms with E-state index in [1.165, 1.54) is 5.57 Å². The van der Waals surface area contributed by atoms with Crippen molar-refractivity contribution in [3.63, 3.8) is 0 Å². The van der Waals surface area contributed by atoms with Crippen LogP contribution in [-0.2, 0) is 32.7 Å². The number of nitrogens with zero attached hydrogens (tertiary/aromatic N) is 3. The molecule has 0 saturated heterocycles. The Hall–Kier alpha value is -3.24. The number of fused-ring (bicyclic) bond motifs is 7. The number of urea groups is 1. The molecular formula is C40H61N5O6. The third-order valence-electron chi connectivity index (χ3n) is 15.4. The van der Waals surface area contributed by atoms with Gasteiger partial charge in [0.05, 0.1) is 23.9 Å². The monoisotopic (exact) mass is 707 g/mol. The molecule has 3 N–H and O–H groups in total. The van der Waals surface area contributed by atoms with Gasteiger partial charge in [-0.2, -0.15) is 0 Å². The number of ketones is 1. The van der Waals surface area contributed by atoms with Crippen molar-refractivity contribution in [3.05, 3.63) is 23.3 Å². The Kier molecular flexibility index (Phi) is 9.14. The van der Waals surface area contributed by atoms with E-state index in [0.717, 1.165) is 56.9 Å². The van der Waals surface area contributed by atoms with E-state index in [2.05, 4.69) is 69.3 Å². The van der Waals surface area contributed by atoms with E-state index in [1.807, 2.05) is 7.05 Å². The summed E-state index contributed by atoms with van der Waals surface area (Å²) in [7, 11) is 1.85. The molecule has 6 rings (SSSR count). The molecule has 2 amide bonds. The summed E-state index contributed by atoms with van der Waals surface area (Å²) >= 11 is 0. The van der Waals surface area contributed by atoms with Crippen molar-refractivity contribution < 1.29 is 29.0 Å². The number of Topliss-reactive ketones (excluding diaryl/α,β-unsaturated/α-hetero) is 1. The Balaban J connectivity index is 1.26. The van der Waals surface area contributed by atoms with Gasteiger partial charge in [-0.25, -0.2) is 4.79 Å². The van der Waals surface area contributed by atoms with Crippen molar-refractivity contribution in [2.75, 3.05) is 0 Å². The maximum absolute atomic E-state index is 13.9. The van der Waals surface area contributed by atoms with Crippen LogP contribution in [0.3, 0.4) is 0 Å². The standard InChI is InChI=1S/C40H61N5O6/c1-23(2)31-25(46)19-40(43-34(50)41-21-29-44-42-22-45(29)10)18-17-38(8)24(32(31)40)11-12-27-37(7)15-14-28(51-30(47)20-35(3,4)33(48)49)36(5,6)26(37)13-16-39(27,38)9/h22-24,26-28H,11-21H2,1-10H3,(H,48,49)(H2,41,43,50)/t24-,26?,27?,28+,37+,38-,39-,40-/m1/s1. The number of hydrogen-bond donors (Lipinski definition) is 3. The number of allylic oxidation sites excluding steroid dienone is 1. The first-order valence-corrected chi connectivity index (χ1v) is 19.2. The number of carboxylic acid groups (broad SMARTS) is 1. The fourth-order valence-corrected chi connectivity index (χ4v) is 12.5. The van der Waals surface area contributed by atoms with Crippen LogP contribution in [0.25, 0.3) is 0 Å². The van der Waals surface area contributed by atoms with E-state index in [-0.39, 0.29) is 64.4 Å². The van der Waals surface area contributed by atoms with Crippen LogP contribution in [0.5, 0.6) is 0 Å². The molecule has 5 aliphatic carbocycles. The highest BCUT2D eigenvalue weighted by Gasteiger charge is 2.70. The van der Waals surface area contributed by atoms with Crippen LogP contribution in [0, 0.1) is 50.7 Å². The number of carbonyl (C=O) groups excluding carboxylic acids is 3. The molecule has 0 aliphatic heterocycles. The van der Waals surface area contributed by atoms with Gasteiger partial charge in [-0.3, -0.25) is 14.4 Å². The number of rotatable bonds is 8. The van der Waals surface area contributed by atoms with Gasteiger partial charge in [0.2, 0.25) is 0 Å². The number of aromatic nitrogens is 3. The van der Waals surface area contributed by atoms with Gasteiger partial charge in [-0.05, 0) is 116 Å². The Labute approximate surface area is 303 Å². The molecule has 4 saturated carbocycles. The second-order valence-corrected chi connectivity index (χ2v) is 19.1. The number of carbonyl (C=O) groups is 4. The second-order valence-electron chi connectivity index (χ2n) is 19.1. The van der Waals surface area contributed by atoms with Crippen molar-refractivity contribution in [3.8, 4) is 0 Å². The molecule has 1 heterocycles. The number of amides is 2. The summed E-state index contributed by atoms with van der Waals surface area (Å²) in [6, 6.07) is -0.281. The molecular weight excluding hydrogens is 646 g/mol. The molecule has 0 bridgehead atoms. The van der Waals surface area contributed by atoms with Crippen LogP contribution in [0.15, 0.2) is 17.5 Å². The summed E-state index contributed by atoms with van der Waals surface area (Å²) < 4.78 is 7.93. The van der Waals surface area contributed by atoms with Gasteiger partial charge in [-0.15, -0.1) is 10.2 Å². The lowest BCUT2D eigenvalue weighted by molar-refractivity contribution is -0.232. The molecule has 0 spiro atoms. The smallest absolute Gasteiger partial charge is 0.315 e. The topological polar surface area (TPSA) is 153 Å².